The van der Waals surface area contributed by atoms with Crippen molar-refractivity contribution in [2.75, 3.05) is 0 Å². The lowest BCUT2D eigenvalue weighted by atomic mass is 9.75. The number of alkyl halides is 6. The van der Waals surface area contributed by atoms with Crippen molar-refractivity contribution in [1.29, 1.82) is 0 Å². The van der Waals surface area contributed by atoms with Crippen molar-refractivity contribution in [2.24, 2.45) is 0 Å². The fourth-order valence-corrected chi connectivity index (χ4v) is 7.25. The number of benzene rings is 2. The van der Waals surface area contributed by atoms with Crippen LogP contribution < -0.4 is 10.6 Å². The maximum atomic E-state index is 13.7. The highest BCUT2D eigenvalue weighted by Crippen LogP contribution is 2.40. The molecule has 34 heavy (non-hydrogen) atoms. The zero-order valence-corrected chi connectivity index (χ0v) is 22.8. The molecular weight excluding hydrogens is 488 g/mol. The van der Waals surface area contributed by atoms with E-state index in [4.69, 9.17) is 0 Å². The minimum Gasteiger partial charge on any atom is -0.166 e. The van der Waals surface area contributed by atoms with E-state index in [2.05, 4.69) is 32.9 Å². The van der Waals surface area contributed by atoms with Crippen LogP contribution in [0.3, 0.4) is 0 Å². The van der Waals surface area contributed by atoms with Crippen LogP contribution in [0.4, 0.5) is 26.3 Å². The number of hydrogen-bond acceptors (Lipinski definition) is 0. The van der Waals surface area contributed by atoms with Crippen molar-refractivity contribution in [2.45, 2.75) is 90.9 Å². The Morgan fingerprint density at radius 1 is 0.500 bits per heavy atom. The van der Waals surface area contributed by atoms with Crippen molar-refractivity contribution in [3.63, 3.8) is 0 Å². The molecule has 0 saturated carbocycles. The summed E-state index contributed by atoms with van der Waals surface area (Å²) in [6.45, 7) is 18.4. The van der Waals surface area contributed by atoms with Crippen LogP contribution in [0.1, 0.15) is 90.1 Å². The Kier molecular flexibility index (Phi) is 7.85. The number of hydrogen-bond donors (Lipinski definition) is 0. The lowest BCUT2D eigenvalue weighted by Crippen LogP contribution is -2.29. The largest absolute Gasteiger partial charge is 0.417 e. The molecule has 0 bridgehead atoms. The van der Waals surface area contributed by atoms with Crippen molar-refractivity contribution < 1.29 is 26.3 Å². The van der Waals surface area contributed by atoms with Crippen molar-refractivity contribution in [1.82, 2.24) is 0 Å². The molecule has 0 aliphatic carbocycles. The van der Waals surface area contributed by atoms with Gasteiger partial charge in [0.2, 0.25) is 0 Å². The summed E-state index contributed by atoms with van der Waals surface area (Å²) >= 11 is 0. The van der Waals surface area contributed by atoms with Crippen LogP contribution in [-0.2, 0) is 28.6 Å². The quantitative estimate of drug-likeness (QED) is 0.273. The third kappa shape index (κ3) is 6.64. The average Bonchev–Trinajstić information content (AvgIpc) is 2.61. The number of rotatable bonds is 2. The van der Waals surface area contributed by atoms with Crippen LogP contribution in [0, 0.1) is 0 Å². The Balaban J connectivity index is 2.96. The molecule has 2 rings (SSSR count). The molecule has 0 atom stereocenters. The molecule has 2 aromatic carbocycles. The van der Waals surface area contributed by atoms with Gasteiger partial charge in [0.25, 0.3) is 0 Å². The van der Waals surface area contributed by atoms with Crippen molar-refractivity contribution in [3.8, 4) is 0 Å². The van der Waals surface area contributed by atoms with Gasteiger partial charge in [-0.3, -0.25) is 0 Å². The van der Waals surface area contributed by atoms with E-state index in [1.165, 1.54) is 0 Å². The summed E-state index contributed by atoms with van der Waals surface area (Å²) in [5, 5.41) is 0.0588. The Morgan fingerprint density at radius 2 is 0.824 bits per heavy atom. The minimum absolute atomic E-state index is 0.0600. The van der Waals surface area contributed by atoms with Gasteiger partial charge in [0, 0.05) is 10.6 Å². The molecule has 0 amide bonds. The first-order valence-electron chi connectivity index (χ1n) is 10.9. The SMILES string of the molecule is CC(C)(C)c1cc(C(C)(C)C)c(P=Pc2c(C(F)(F)F)cccc2C(F)(F)F)c(C(C)(C)C)c1. The highest BCUT2D eigenvalue weighted by atomic mass is 31.7. The number of halogens is 6. The van der Waals surface area contributed by atoms with Crippen LogP contribution in [0.5, 0.6) is 0 Å². The Morgan fingerprint density at radius 3 is 1.09 bits per heavy atom. The predicted octanol–water partition coefficient (Wildman–Crippen LogP) is 9.37. The molecule has 0 radical (unpaired) electrons. The fourth-order valence-electron chi connectivity index (χ4n) is 3.53. The van der Waals surface area contributed by atoms with Gasteiger partial charge < -0.3 is 0 Å². The van der Waals surface area contributed by atoms with Crippen LogP contribution in [0.25, 0.3) is 0 Å². The second kappa shape index (κ2) is 9.25. The first-order chi connectivity index (χ1) is 15.0. The van der Waals surface area contributed by atoms with E-state index in [1.54, 1.807) is 0 Å². The summed E-state index contributed by atoms with van der Waals surface area (Å²) in [5.74, 6) is 0. The third-order valence-corrected chi connectivity index (χ3v) is 8.45. The molecule has 0 unspecified atom stereocenters. The summed E-state index contributed by atoms with van der Waals surface area (Å²) in [7, 11) is 0.321. The summed E-state index contributed by atoms with van der Waals surface area (Å²) in [6.07, 6.45) is -9.76. The molecule has 0 saturated heterocycles. The van der Waals surface area contributed by atoms with Gasteiger partial charge in [-0.25, -0.2) is 0 Å². The monoisotopic (exact) mass is 520 g/mol. The molecule has 0 fully saturated rings. The Bertz CT molecular complexity index is 1010. The zero-order valence-electron chi connectivity index (χ0n) is 21.0. The van der Waals surface area contributed by atoms with E-state index < -0.39 is 28.8 Å². The summed E-state index contributed by atoms with van der Waals surface area (Å²) in [4.78, 5) is 0. The fraction of sp³-hybridized carbons (Fsp3) is 0.538. The summed E-state index contributed by atoms with van der Waals surface area (Å²) in [5.41, 5.74) is -0.376. The third-order valence-electron chi connectivity index (χ3n) is 5.49. The molecule has 0 N–H and O–H groups in total. The first-order valence-corrected chi connectivity index (χ1v) is 13.4. The van der Waals surface area contributed by atoms with Gasteiger partial charge in [-0.2, -0.15) is 26.3 Å². The first kappa shape index (κ1) is 28.9. The van der Waals surface area contributed by atoms with Gasteiger partial charge >= 0.3 is 12.4 Å². The zero-order chi connectivity index (χ0) is 26.5. The highest BCUT2D eigenvalue weighted by molar-refractivity contribution is 7.91. The molecule has 8 heteroatoms. The Hall–Kier alpha value is -1.38. The molecule has 188 valence electrons. The Labute approximate surface area is 202 Å². The van der Waals surface area contributed by atoms with Gasteiger partial charge in [0.1, 0.15) is 0 Å². The van der Waals surface area contributed by atoms with Crippen molar-refractivity contribution >= 4 is 26.3 Å². The van der Waals surface area contributed by atoms with Crippen LogP contribution in [0.15, 0.2) is 30.3 Å². The normalized spacial score (nSPS) is 14.2. The molecule has 0 heterocycles. The van der Waals surface area contributed by atoms with Crippen molar-refractivity contribution in [3.05, 3.63) is 58.1 Å². The minimum atomic E-state index is -4.88. The molecule has 0 nitrogen and oxygen atoms in total. The maximum Gasteiger partial charge on any atom is 0.417 e. The molecular formula is C26H32F6P2. The lowest BCUT2D eigenvalue weighted by molar-refractivity contribution is -0.141. The van der Waals surface area contributed by atoms with E-state index in [9.17, 15) is 26.3 Å². The standard InChI is InChI=1S/C26H32F6P2/c1-22(2,3)15-13-18(23(4,5)6)21(19(14-15)24(7,8)9)34-33-20-16(25(27,28)29)11-10-12-17(20)26(30,31)32/h10-14H,1-9H3. The smallest absolute Gasteiger partial charge is 0.166 e. The van der Waals surface area contributed by atoms with Crippen LogP contribution in [0.2, 0.25) is 0 Å². The molecule has 0 aliphatic heterocycles. The molecule has 2 aromatic rings. The summed E-state index contributed by atoms with van der Waals surface area (Å²) in [6, 6.07) is 6.40. The second-order valence-corrected chi connectivity index (χ2v) is 14.1. The predicted molar refractivity (Wildman–Crippen MR) is 132 cm³/mol. The van der Waals surface area contributed by atoms with E-state index in [-0.39, 0.29) is 24.1 Å². The van der Waals surface area contributed by atoms with Gasteiger partial charge in [-0.05, 0) is 60.8 Å². The maximum absolute atomic E-state index is 13.7. The average molecular weight is 520 g/mol. The van der Waals surface area contributed by atoms with Gasteiger partial charge in [-0.1, -0.05) is 80.5 Å². The van der Waals surface area contributed by atoms with E-state index in [0.717, 1.165) is 40.2 Å². The topological polar surface area (TPSA) is 0 Å². The summed E-state index contributed by atoms with van der Waals surface area (Å²) < 4.78 is 82.1. The lowest BCUT2D eigenvalue weighted by Gasteiger charge is -2.32. The molecule has 0 spiro atoms. The van der Waals surface area contributed by atoms with Gasteiger partial charge in [-0.15, -0.1) is 0 Å². The molecule has 0 aromatic heterocycles. The second-order valence-electron chi connectivity index (χ2n) is 11.6. The van der Waals surface area contributed by atoms with E-state index >= 15 is 0 Å². The van der Waals surface area contributed by atoms with E-state index in [0.29, 0.717) is 7.87 Å². The van der Waals surface area contributed by atoms with Crippen LogP contribution in [-0.4, -0.2) is 0 Å². The van der Waals surface area contributed by atoms with E-state index in [1.807, 2.05) is 41.5 Å². The molecule has 0 aliphatic rings. The highest BCUT2D eigenvalue weighted by Gasteiger charge is 2.40. The van der Waals surface area contributed by atoms with Crippen LogP contribution >= 0.6 is 15.7 Å². The van der Waals surface area contributed by atoms with Gasteiger partial charge in [0.15, 0.2) is 0 Å². The van der Waals surface area contributed by atoms with Gasteiger partial charge in [0.05, 0.1) is 11.1 Å².